The van der Waals surface area contributed by atoms with E-state index in [0.717, 1.165) is 17.9 Å². The van der Waals surface area contributed by atoms with Crippen LogP contribution in [0.2, 0.25) is 0 Å². The quantitative estimate of drug-likeness (QED) is 0.882. The number of benzene rings is 1. The van der Waals surface area contributed by atoms with Gasteiger partial charge in [-0.25, -0.2) is 0 Å². The van der Waals surface area contributed by atoms with Crippen molar-refractivity contribution in [3.8, 4) is 11.5 Å². The summed E-state index contributed by atoms with van der Waals surface area (Å²) in [4.78, 5) is 2.15. The lowest BCUT2D eigenvalue weighted by Gasteiger charge is -2.22. The maximum Gasteiger partial charge on any atom is 0.246 e. The molecule has 100 valence electrons. The molecule has 1 aliphatic rings. The first-order valence-corrected chi connectivity index (χ1v) is 6.29. The van der Waals surface area contributed by atoms with Gasteiger partial charge in [0.25, 0.3) is 0 Å². The van der Waals surface area contributed by atoms with E-state index in [1.54, 1.807) is 0 Å². The predicted molar refractivity (Wildman–Crippen MR) is 72.0 cm³/mol. The van der Waals surface area contributed by atoms with E-state index < -0.39 is 5.79 Å². The van der Waals surface area contributed by atoms with Gasteiger partial charge < -0.3 is 20.1 Å². The predicted octanol–water partition coefficient (Wildman–Crippen LogP) is 1.63. The number of fused-ring (bicyclic) bond motifs is 1. The second kappa shape index (κ2) is 4.78. The molecule has 1 atom stereocenters. The van der Waals surface area contributed by atoms with Crippen LogP contribution >= 0.6 is 0 Å². The summed E-state index contributed by atoms with van der Waals surface area (Å²) in [7, 11) is 4.10. The van der Waals surface area contributed by atoms with E-state index >= 15 is 0 Å². The Morgan fingerprint density at radius 2 is 1.89 bits per heavy atom. The summed E-state index contributed by atoms with van der Waals surface area (Å²) < 4.78 is 11.4. The molecule has 4 heteroatoms. The summed E-state index contributed by atoms with van der Waals surface area (Å²) in [5.41, 5.74) is 7.00. The van der Waals surface area contributed by atoms with Gasteiger partial charge in [-0.3, -0.25) is 0 Å². The first kappa shape index (κ1) is 13.2. The smallest absolute Gasteiger partial charge is 0.246 e. The van der Waals surface area contributed by atoms with Crippen molar-refractivity contribution in [2.75, 3.05) is 20.6 Å². The molecule has 1 heterocycles. The van der Waals surface area contributed by atoms with Gasteiger partial charge in [-0.15, -0.1) is 0 Å². The van der Waals surface area contributed by atoms with Gasteiger partial charge in [-0.1, -0.05) is 6.07 Å². The van der Waals surface area contributed by atoms with Crippen LogP contribution in [0.15, 0.2) is 18.2 Å². The van der Waals surface area contributed by atoms with Gasteiger partial charge in [-0.05, 0) is 38.2 Å². The topological polar surface area (TPSA) is 47.7 Å². The van der Waals surface area contributed by atoms with Crippen molar-refractivity contribution in [2.24, 2.45) is 5.73 Å². The molecule has 0 saturated carbocycles. The molecule has 2 rings (SSSR count). The molecule has 0 aliphatic carbocycles. The fourth-order valence-corrected chi connectivity index (χ4v) is 2.14. The molecule has 0 spiro atoms. The van der Waals surface area contributed by atoms with Gasteiger partial charge >= 0.3 is 0 Å². The summed E-state index contributed by atoms with van der Waals surface area (Å²) >= 11 is 0. The lowest BCUT2D eigenvalue weighted by Crippen LogP contribution is -2.36. The highest BCUT2D eigenvalue weighted by Crippen LogP contribution is 2.39. The van der Waals surface area contributed by atoms with Crippen LogP contribution in [0.25, 0.3) is 0 Å². The molecule has 1 aromatic carbocycles. The molecule has 2 N–H and O–H groups in total. The molecule has 0 aromatic heterocycles. The number of hydrogen-bond acceptors (Lipinski definition) is 4. The molecule has 1 unspecified atom stereocenters. The van der Waals surface area contributed by atoms with Crippen LogP contribution in [-0.4, -0.2) is 37.4 Å². The summed E-state index contributed by atoms with van der Waals surface area (Å²) in [5, 5.41) is 0. The van der Waals surface area contributed by atoms with Crippen LogP contribution in [0.5, 0.6) is 11.5 Å². The van der Waals surface area contributed by atoms with Crippen LogP contribution in [0.1, 0.15) is 19.4 Å². The Morgan fingerprint density at radius 1 is 1.22 bits per heavy atom. The Balaban J connectivity index is 2.14. The average Bonchev–Trinajstić information content (AvgIpc) is 2.58. The van der Waals surface area contributed by atoms with Gasteiger partial charge in [-0.2, -0.15) is 0 Å². The second-order valence-corrected chi connectivity index (χ2v) is 5.44. The van der Waals surface area contributed by atoms with E-state index in [2.05, 4.69) is 17.0 Å². The normalized spacial score (nSPS) is 18.1. The van der Waals surface area contributed by atoms with Crippen molar-refractivity contribution in [1.82, 2.24) is 4.90 Å². The van der Waals surface area contributed by atoms with Crippen LogP contribution in [0, 0.1) is 0 Å². The molecule has 0 bridgehead atoms. The summed E-state index contributed by atoms with van der Waals surface area (Å²) in [5.74, 6) is 1.08. The maximum atomic E-state index is 5.78. The molecule has 0 fully saturated rings. The van der Waals surface area contributed by atoms with E-state index in [9.17, 15) is 0 Å². The highest BCUT2D eigenvalue weighted by Gasteiger charge is 2.31. The van der Waals surface area contributed by atoms with Gasteiger partial charge in [0.15, 0.2) is 11.5 Å². The number of nitrogens with zero attached hydrogens (tertiary/aromatic N) is 1. The minimum Gasteiger partial charge on any atom is -0.449 e. The first-order valence-electron chi connectivity index (χ1n) is 6.29. The lowest BCUT2D eigenvalue weighted by atomic mass is 10.0. The largest absolute Gasteiger partial charge is 0.449 e. The number of nitrogens with two attached hydrogens (primary N) is 1. The highest BCUT2D eigenvalue weighted by atomic mass is 16.7. The molecule has 0 radical (unpaired) electrons. The SMILES string of the molecule is CN(C)C(CN)Cc1ccc2c(c1)OC(C)(C)O2. The third-order valence-corrected chi connectivity index (χ3v) is 3.19. The van der Waals surface area contributed by atoms with Gasteiger partial charge in [0.05, 0.1) is 0 Å². The van der Waals surface area contributed by atoms with Gasteiger partial charge in [0, 0.05) is 26.4 Å². The Kier molecular flexibility index (Phi) is 3.50. The third-order valence-electron chi connectivity index (χ3n) is 3.19. The van der Waals surface area contributed by atoms with Crippen molar-refractivity contribution in [2.45, 2.75) is 32.1 Å². The molecule has 0 saturated heterocycles. The van der Waals surface area contributed by atoms with E-state index in [0.29, 0.717) is 12.6 Å². The van der Waals surface area contributed by atoms with E-state index in [1.807, 2.05) is 34.0 Å². The molecular formula is C14H22N2O2. The number of hydrogen-bond donors (Lipinski definition) is 1. The number of ether oxygens (including phenoxy) is 2. The number of likely N-dealkylation sites (N-methyl/N-ethyl adjacent to an activating group) is 1. The standard InChI is InChI=1S/C14H22N2O2/c1-14(2)17-12-6-5-10(8-13(12)18-14)7-11(9-15)16(3)4/h5-6,8,11H,7,9,15H2,1-4H3. The zero-order valence-corrected chi connectivity index (χ0v) is 11.6. The van der Waals surface area contributed by atoms with E-state index in [-0.39, 0.29) is 0 Å². The van der Waals surface area contributed by atoms with Crippen molar-refractivity contribution >= 4 is 0 Å². The Bertz CT molecular complexity index is 430. The molecule has 1 aliphatic heterocycles. The monoisotopic (exact) mass is 250 g/mol. The van der Waals surface area contributed by atoms with E-state index in [4.69, 9.17) is 15.2 Å². The first-order chi connectivity index (χ1) is 8.41. The Hall–Kier alpha value is -1.26. The van der Waals surface area contributed by atoms with Crippen molar-refractivity contribution in [3.63, 3.8) is 0 Å². The van der Waals surface area contributed by atoms with Crippen LogP contribution < -0.4 is 15.2 Å². The zero-order chi connectivity index (χ0) is 13.3. The van der Waals surface area contributed by atoms with Crippen LogP contribution in [-0.2, 0) is 6.42 Å². The highest BCUT2D eigenvalue weighted by molar-refractivity contribution is 5.45. The lowest BCUT2D eigenvalue weighted by molar-refractivity contribution is -0.0431. The van der Waals surface area contributed by atoms with E-state index in [1.165, 1.54) is 5.56 Å². The van der Waals surface area contributed by atoms with Gasteiger partial charge in [0.2, 0.25) is 5.79 Å². The van der Waals surface area contributed by atoms with Crippen molar-refractivity contribution < 1.29 is 9.47 Å². The minimum absolute atomic E-state index is 0.346. The summed E-state index contributed by atoms with van der Waals surface area (Å²) in [6.45, 7) is 4.47. The van der Waals surface area contributed by atoms with Gasteiger partial charge in [0.1, 0.15) is 0 Å². The minimum atomic E-state index is -0.560. The van der Waals surface area contributed by atoms with Crippen molar-refractivity contribution in [3.05, 3.63) is 23.8 Å². The fourth-order valence-electron chi connectivity index (χ4n) is 2.14. The Labute approximate surface area is 109 Å². The maximum absolute atomic E-state index is 5.78. The zero-order valence-electron chi connectivity index (χ0n) is 11.6. The second-order valence-electron chi connectivity index (χ2n) is 5.44. The molecular weight excluding hydrogens is 228 g/mol. The fraction of sp³-hybridized carbons (Fsp3) is 0.571. The molecule has 4 nitrogen and oxygen atoms in total. The van der Waals surface area contributed by atoms with Crippen LogP contribution in [0.3, 0.4) is 0 Å². The van der Waals surface area contributed by atoms with Crippen molar-refractivity contribution in [1.29, 1.82) is 0 Å². The average molecular weight is 250 g/mol. The Morgan fingerprint density at radius 3 is 2.50 bits per heavy atom. The van der Waals surface area contributed by atoms with Crippen LogP contribution in [0.4, 0.5) is 0 Å². The number of rotatable bonds is 4. The molecule has 0 amide bonds. The summed E-state index contributed by atoms with van der Waals surface area (Å²) in [6.07, 6.45) is 0.917. The third kappa shape index (κ3) is 2.76. The molecule has 1 aromatic rings. The molecule has 18 heavy (non-hydrogen) atoms. The summed E-state index contributed by atoms with van der Waals surface area (Å²) in [6, 6.07) is 6.45.